The number of nitrogens with zero attached hydrogens (tertiary/aromatic N) is 1. The Kier molecular flexibility index (Phi) is 7.63. The largest absolute Gasteiger partial charge is 0.489 e. The van der Waals surface area contributed by atoms with Crippen molar-refractivity contribution in [2.24, 2.45) is 0 Å². The van der Waals surface area contributed by atoms with Gasteiger partial charge in [0.15, 0.2) is 0 Å². The van der Waals surface area contributed by atoms with Crippen LogP contribution in [0.15, 0.2) is 48.7 Å². The molecule has 2 heterocycles. The summed E-state index contributed by atoms with van der Waals surface area (Å²) < 4.78 is 5.58. The third-order valence-corrected chi connectivity index (χ3v) is 4.79. The number of hydrogen-bond donors (Lipinski definition) is 2. The summed E-state index contributed by atoms with van der Waals surface area (Å²) in [5, 5.41) is 6.57. The van der Waals surface area contributed by atoms with Gasteiger partial charge in [-0.15, -0.1) is 12.4 Å². The summed E-state index contributed by atoms with van der Waals surface area (Å²) in [6.07, 6.45) is 3.84. The average Bonchev–Trinajstić information content (AvgIpc) is 2.68. The normalized spacial score (nSPS) is 19.2. The fraction of sp³-hybridized carbons (Fsp3) is 0.429. The van der Waals surface area contributed by atoms with E-state index < -0.39 is 0 Å². The van der Waals surface area contributed by atoms with Crippen LogP contribution in [0.2, 0.25) is 0 Å². The van der Waals surface area contributed by atoms with Crippen LogP contribution in [0.1, 0.15) is 42.7 Å². The molecule has 0 radical (unpaired) electrons. The van der Waals surface area contributed by atoms with E-state index >= 15 is 0 Å². The number of pyridine rings is 1. The van der Waals surface area contributed by atoms with Crippen LogP contribution in [-0.4, -0.2) is 36.6 Å². The molecule has 1 saturated heterocycles. The maximum absolute atomic E-state index is 12.6. The SMILES string of the molecule is CC(C)Oc1ccc(C(=O)NCC2(c3ccccc3)CCCNC2)nc1.Cl. The number of amides is 1. The highest BCUT2D eigenvalue weighted by Gasteiger charge is 2.34. The number of aromatic nitrogens is 1. The van der Waals surface area contributed by atoms with Crippen LogP contribution in [0, 0.1) is 0 Å². The van der Waals surface area contributed by atoms with E-state index in [4.69, 9.17) is 4.74 Å². The maximum atomic E-state index is 12.6. The lowest BCUT2D eigenvalue weighted by Crippen LogP contribution is -2.50. The predicted molar refractivity (Wildman–Crippen MR) is 110 cm³/mol. The molecule has 1 aliphatic heterocycles. The van der Waals surface area contributed by atoms with Crippen LogP contribution in [0.3, 0.4) is 0 Å². The number of ether oxygens (including phenoxy) is 1. The molecule has 0 aliphatic carbocycles. The van der Waals surface area contributed by atoms with Crippen LogP contribution in [0.4, 0.5) is 0 Å². The molecule has 1 aliphatic rings. The van der Waals surface area contributed by atoms with Crippen molar-refractivity contribution in [3.05, 3.63) is 59.9 Å². The highest BCUT2D eigenvalue weighted by atomic mass is 35.5. The molecule has 0 saturated carbocycles. The lowest BCUT2D eigenvalue weighted by Gasteiger charge is -2.38. The van der Waals surface area contributed by atoms with Gasteiger partial charge in [-0.3, -0.25) is 4.79 Å². The van der Waals surface area contributed by atoms with Crippen molar-refractivity contribution >= 4 is 18.3 Å². The van der Waals surface area contributed by atoms with Gasteiger partial charge in [-0.25, -0.2) is 4.98 Å². The molecule has 3 rings (SSSR count). The van der Waals surface area contributed by atoms with E-state index in [1.165, 1.54) is 5.56 Å². The second-order valence-electron chi connectivity index (χ2n) is 7.16. The first-order valence-electron chi connectivity index (χ1n) is 9.26. The summed E-state index contributed by atoms with van der Waals surface area (Å²) >= 11 is 0. The van der Waals surface area contributed by atoms with Crippen LogP contribution in [-0.2, 0) is 5.41 Å². The van der Waals surface area contributed by atoms with E-state index in [1.54, 1.807) is 18.3 Å². The monoisotopic (exact) mass is 389 g/mol. The summed E-state index contributed by atoms with van der Waals surface area (Å²) in [5.41, 5.74) is 1.60. The molecule has 5 nitrogen and oxygen atoms in total. The first kappa shape index (κ1) is 21.2. The van der Waals surface area contributed by atoms with E-state index in [0.717, 1.165) is 25.9 Å². The standard InChI is InChI=1S/C21H27N3O2.ClH/c1-16(2)26-18-9-10-19(23-13-18)20(25)24-15-21(11-6-12-22-14-21)17-7-4-3-5-8-17;/h3-5,7-10,13,16,22H,6,11-12,14-15H2,1-2H3,(H,24,25);1H. The summed E-state index contributed by atoms with van der Waals surface area (Å²) in [5.74, 6) is 0.524. The number of carbonyl (C=O) groups excluding carboxylic acids is 1. The molecule has 0 bridgehead atoms. The number of benzene rings is 1. The van der Waals surface area contributed by atoms with E-state index in [2.05, 4.69) is 39.9 Å². The molecule has 1 unspecified atom stereocenters. The number of piperidine rings is 1. The Morgan fingerprint density at radius 2 is 2.04 bits per heavy atom. The third kappa shape index (κ3) is 5.44. The molecule has 6 heteroatoms. The summed E-state index contributed by atoms with van der Waals surface area (Å²) in [6, 6.07) is 13.9. The van der Waals surface area contributed by atoms with Crippen molar-refractivity contribution in [1.82, 2.24) is 15.6 Å². The molecular formula is C21H28ClN3O2. The number of hydrogen-bond acceptors (Lipinski definition) is 4. The Balaban J connectivity index is 0.00000261. The molecule has 1 atom stereocenters. The Hall–Kier alpha value is -2.11. The first-order valence-corrected chi connectivity index (χ1v) is 9.26. The third-order valence-electron chi connectivity index (χ3n) is 4.79. The van der Waals surface area contributed by atoms with Gasteiger partial charge in [0, 0.05) is 18.5 Å². The van der Waals surface area contributed by atoms with Crippen LogP contribution in [0.5, 0.6) is 5.75 Å². The van der Waals surface area contributed by atoms with Gasteiger partial charge in [-0.1, -0.05) is 30.3 Å². The molecule has 0 spiro atoms. The Bertz CT molecular complexity index is 714. The van der Waals surface area contributed by atoms with E-state index in [0.29, 0.717) is 18.0 Å². The molecule has 1 fully saturated rings. The minimum absolute atomic E-state index is 0. The minimum atomic E-state index is -0.151. The highest BCUT2D eigenvalue weighted by molar-refractivity contribution is 5.92. The van der Waals surface area contributed by atoms with Gasteiger partial charge in [0.2, 0.25) is 0 Å². The zero-order chi connectivity index (χ0) is 18.4. The van der Waals surface area contributed by atoms with Crippen LogP contribution >= 0.6 is 12.4 Å². The van der Waals surface area contributed by atoms with Gasteiger partial charge < -0.3 is 15.4 Å². The Morgan fingerprint density at radius 3 is 2.63 bits per heavy atom. The minimum Gasteiger partial charge on any atom is -0.489 e. The molecule has 27 heavy (non-hydrogen) atoms. The maximum Gasteiger partial charge on any atom is 0.269 e. The van der Waals surface area contributed by atoms with Gasteiger partial charge >= 0.3 is 0 Å². The predicted octanol–water partition coefficient (Wildman–Crippen LogP) is 3.34. The van der Waals surface area contributed by atoms with Crippen LogP contribution < -0.4 is 15.4 Å². The number of carbonyl (C=O) groups is 1. The Labute approximate surface area is 167 Å². The smallest absolute Gasteiger partial charge is 0.269 e. The molecule has 2 aromatic rings. The van der Waals surface area contributed by atoms with E-state index in [-0.39, 0.29) is 29.8 Å². The summed E-state index contributed by atoms with van der Waals surface area (Å²) in [6.45, 7) is 6.41. The van der Waals surface area contributed by atoms with Crippen molar-refractivity contribution in [2.45, 2.75) is 38.2 Å². The second kappa shape index (κ2) is 9.72. The zero-order valence-electron chi connectivity index (χ0n) is 15.9. The van der Waals surface area contributed by atoms with Crippen molar-refractivity contribution < 1.29 is 9.53 Å². The number of halogens is 1. The molecule has 146 valence electrons. The second-order valence-corrected chi connectivity index (χ2v) is 7.16. The fourth-order valence-corrected chi connectivity index (χ4v) is 3.46. The summed E-state index contributed by atoms with van der Waals surface area (Å²) in [4.78, 5) is 16.8. The first-order chi connectivity index (χ1) is 12.6. The molecule has 1 aromatic carbocycles. The number of rotatable bonds is 6. The van der Waals surface area contributed by atoms with Gasteiger partial charge in [0.05, 0.1) is 12.3 Å². The lowest BCUT2D eigenvalue weighted by molar-refractivity contribution is 0.0933. The van der Waals surface area contributed by atoms with Crippen molar-refractivity contribution in [2.75, 3.05) is 19.6 Å². The topological polar surface area (TPSA) is 63.2 Å². The van der Waals surface area contributed by atoms with Gasteiger partial charge in [-0.05, 0) is 50.9 Å². The fourth-order valence-electron chi connectivity index (χ4n) is 3.46. The van der Waals surface area contributed by atoms with Gasteiger partial charge in [0.1, 0.15) is 11.4 Å². The van der Waals surface area contributed by atoms with Crippen molar-refractivity contribution in [3.8, 4) is 5.75 Å². The van der Waals surface area contributed by atoms with Crippen molar-refractivity contribution in [1.29, 1.82) is 0 Å². The lowest BCUT2D eigenvalue weighted by atomic mass is 9.74. The quantitative estimate of drug-likeness (QED) is 0.795. The van der Waals surface area contributed by atoms with Crippen molar-refractivity contribution in [3.63, 3.8) is 0 Å². The van der Waals surface area contributed by atoms with E-state index in [1.807, 2.05) is 19.9 Å². The molecule has 1 aromatic heterocycles. The zero-order valence-corrected chi connectivity index (χ0v) is 16.7. The molecule has 1 amide bonds. The summed E-state index contributed by atoms with van der Waals surface area (Å²) in [7, 11) is 0. The Morgan fingerprint density at radius 1 is 1.26 bits per heavy atom. The van der Waals surface area contributed by atoms with Crippen LogP contribution in [0.25, 0.3) is 0 Å². The number of nitrogens with one attached hydrogen (secondary N) is 2. The average molecular weight is 390 g/mol. The highest BCUT2D eigenvalue weighted by Crippen LogP contribution is 2.30. The van der Waals surface area contributed by atoms with E-state index in [9.17, 15) is 4.79 Å². The molecular weight excluding hydrogens is 362 g/mol. The van der Waals surface area contributed by atoms with Gasteiger partial charge in [0.25, 0.3) is 5.91 Å². The molecule has 2 N–H and O–H groups in total. The van der Waals surface area contributed by atoms with Gasteiger partial charge in [-0.2, -0.15) is 0 Å².